The fourth-order valence-electron chi connectivity index (χ4n) is 6.71. The Bertz CT molecular complexity index is 415. The first-order chi connectivity index (χ1) is 8.49. The zero-order valence-electron chi connectivity index (χ0n) is 11.7. The van der Waals surface area contributed by atoms with Gasteiger partial charge in [-0.1, -0.05) is 13.8 Å². The van der Waals surface area contributed by atoms with E-state index in [1.165, 1.54) is 32.1 Å². The number of ether oxygens (including phenoxy) is 1. The standard InChI is InChI=1S/C16H24O2/c1-9(2)16(18-10(3)17)13-5-11-4-12-6-14(16)15(12,7-11)8-13/h9,11-14H,4-8H2,1-3H3. The topological polar surface area (TPSA) is 26.3 Å². The maximum atomic E-state index is 11.6. The highest BCUT2D eigenvalue weighted by atomic mass is 16.6. The number of rotatable bonds is 2. The molecule has 0 aromatic rings. The van der Waals surface area contributed by atoms with Gasteiger partial charge >= 0.3 is 5.97 Å². The van der Waals surface area contributed by atoms with Crippen LogP contribution in [0.15, 0.2) is 0 Å². The van der Waals surface area contributed by atoms with Gasteiger partial charge in [-0.3, -0.25) is 4.79 Å². The van der Waals surface area contributed by atoms with Crippen LogP contribution in [0.1, 0.15) is 52.9 Å². The molecule has 4 saturated carbocycles. The smallest absolute Gasteiger partial charge is 0.303 e. The van der Waals surface area contributed by atoms with Gasteiger partial charge in [0, 0.05) is 18.8 Å². The molecule has 0 aromatic carbocycles. The second-order valence-corrected chi connectivity index (χ2v) is 7.76. The van der Waals surface area contributed by atoms with Crippen LogP contribution in [0.3, 0.4) is 0 Å². The van der Waals surface area contributed by atoms with Crippen molar-refractivity contribution in [2.45, 2.75) is 58.5 Å². The Labute approximate surface area is 109 Å². The lowest BCUT2D eigenvalue weighted by Gasteiger charge is -2.55. The van der Waals surface area contributed by atoms with Gasteiger partial charge in [0.2, 0.25) is 0 Å². The molecule has 0 radical (unpaired) electrons. The number of carbonyl (C=O) groups is 1. The second-order valence-electron chi connectivity index (χ2n) is 7.76. The Kier molecular flexibility index (Phi) is 1.97. The van der Waals surface area contributed by atoms with Crippen molar-refractivity contribution < 1.29 is 9.53 Å². The van der Waals surface area contributed by atoms with E-state index in [1.807, 2.05) is 0 Å². The van der Waals surface area contributed by atoms with E-state index >= 15 is 0 Å². The summed E-state index contributed by atoms with van der Waals surface area (Å²) in [5, 5.41) is 0. The normalized spacial score (nSPS) is 55.6. The van der Waals surface area contributed by atoms with Crippen LogP contribution in [-0.2, 0) is 9.53 Å². The highest BCUT2D eigenvalue weighted by molar-refractivity contribution is 5.67. The Morgan fingerprint density at radius 3 is 2.56 bits per heavy atom. The Hall–Kier alpha value is -0.530. The fraction of sp³-hybridized carbons (Fsp3) is 0.938. The molecule has 6 atom stereocenters. The first-order valence-electron chi connectivity index (χ1n) is 7.68. The summed E-state index contributed by atoms with van der Waals surface area (Å²) in [5.41, 5.74) is 0.477. The predicted molar refractivity (Wildman–Crippen MR) is 68.8 cm³/mol. The van der Waals surface area contributed by atoms with Crippen LogP contribution in [0.2, 0.25) is 0 Å². The molecule has 0 aliphatic heterocycles. The van der Waals surface area contributed by atoms with Gasteiger partial charge in [-0.05, 0) is 55.3 Å². The minimum absolute atomic E-state index is 0.0630. The van der Waals surface area contributed by atoms with Gasteiger partial charge in [-0.25, -0.2) is 0 Å². The third-order valence-electron chi connectivity index (χ3n) is 6.96. The molecule has 2 heteroatoms. The number of carbonyl (C=O) groups excluding carboxylic acids is 1. The molecule has 4 aliphatic carbocycles. The van der Waals surface area contributed by atoms with Gasteiger partial charge in [0.15, 0.2) is 0 Å². The minimum Gasteiger partial charge on any atom is -0.458 e. The maximum Gasteiger partial charge on any atom is 0.303 e. The molecular weight excluding hydrogens is 224 g/mol. The number of esters is 1. The average Bonchev–Trinajstić information content (AvgIpc) is 2.55. The van der Waals surface area contributed by atoms with E-state index in [1.54, 1.807) is 6.92 Å². The van der Waals surface area contributed by atoms with Crippen molar-refractivity contribution in [1.82, 2.24) is 0 Å². The molecule has 18 heavy (non-hydrogen) atoms. The SMILES string of the molecule is CC(=O)OC1(C(C)C)C2CC3CC4CC1C4(C3)C2. The van der Waals surface area contributed by atoms with Gasteiger partial charge in [-0.15, -0.1) is 0 Å². The summed E-state index contributed by atoms with van der Waals surface area (Å²) >= 11 is 0. The Balaban J connectivity index is 1.79. The Morgan fingerprint density at radius 1 is 1.17 bits per heavy atom. The lowest BCUT2D eigenvalue weighted by atomic mass is 9.52. The zero-order chi connectivity index (χ0) is 12.7. The maximum absolute atomic E-state index is 11.6. The van der Waals surface area contributed by atoms with E-state index < -0.39 is 0 Å². The first kappa shape index (κ1) is 11.3. The summed E-state index contributed by atoms with van der Waals surface area (Å²) in [6.07, 6.45) is 6.92. The molecular formula is C16H24O2. The van der Waals surface area contributed by atoms with Gasteiger partial charge in [0.25, 0.3) is 0 Å². The van der Waals surface area contributed by atoms with Gasteiger partial charge in [0.1, 0.15) is 5.60 Å². The summed E-state index contributed by atoms with van der Waals surface area (Å²) in [6, 6.07) is 0. The monoisotopic (exact) mass is 248 g/mol. The molecule has 0 aromatic heterocycles. The zero-order valence-corrected chi connectivity index (χ0v) is 11.7. The van der Waals surface area contributed by atoms with Crippen LogP contribution in [-0.4, -0.2) is 11.6 Å². The van der Waals surface area contributed by atoms with E-state index in [4.69, 9.17) is 4.74 Å². The molecule has 0 N–H and O–H groups in total. The summed E-state index contributed by atoms with van der Waals surface area (Å²) in [5.74, 6) is 3.64. The third-order valence-corrected chi connectivity index (χ3v) is 6.96. The summed E-state index contributed by atoms with van der Waals surface area (Å²) in [7, 11) is 0. The van der Waals surface area contributed by atoms with Crippen LogP contribution >= 0.6 is 0 Å². The van der Waals surface area contributed by atoms with E-state index in [-0.39, 0.29) is 11.6 Å². The highest BCUT2D eigenvalue weighted by Gasteiger charge is 2.77. The minimum atomic E-state index is -0.114. The number of hydrogen-bond donors (Lipinski definition) is 0. The van der Waals surface area contributed by atoms with Crippen molar-refractivity contribution in [3.8, 4) is 0 Å². The van der Waals surface area contributed by atoms with Crippen molar-refractivity contribution in [2.24, 2.45) is 35.0 Å². The molecule has 0 amide bonds. The van der Waals surface area contributed by atoms with Crippen LogP contribution in [0.5, 0.6) is 0 Å². The largest absolute Gasteiger partial charge is 0.458 e. The Morgan fingerprint density at radius 2 is 1.89 bits per heavy atom. The average molecular weight is 248 g/mol. The van der Waals surface area contributed by atoms with Crippen molar-refractivity contribution >= 4 is 5.97 Å². The van der Waals surface area contributed by atoms with E-state index in [9.17, 15) is 4.79 Å². The second kappa shape index (κ2) is 3.13. The van der Waals surface area contributed by atoms with Crippen LogP contribution in [0.25, 0.3) is 0 Å². The molecule has 1 spiro atoms. The number of hydrogen-bond acceptors (Lipinski definition) is 2. The van der Waals surface area contributed by atoms with Gasteiger partial charge in [-0.2, -0.15) is 0 Å². The quantitative estimate of drug-likeness (QED) is 0.700. The van der Waals surface area contributed by atoms with Crippen LogP contribution in [0.4, 0.5) is 0 Å². The molecule has 3 bridgehead atoms. The van der Waals surface area contributed by atoms with Crippen LogP contribution in [0, 0.1) is 35.0 Å². The molecule has 0 saturated heterocycles. The number of fused-ring (bicyclic) bond motifs is 2. The van der Waals surface area contributed by atoms with Gasteiger partial charge in [0.05, 0.1) is 0 Å². The van der Waals surface area contributed by atoms with E-state index in [0.717, 1.165) is 11.8 Å². The van der Waals surface area contributed by atoms with Gasteiger partial charge < -0.3 is 4.74 Å². The third kappa shape index (κ3) is 1.02. The summed E-state index contributed by atoms with van der Waals surface area (Å²) in [6.45, 7) is 6.13. The van der Waals surface area contributed by atoms with Crippen molar-refractivity contribution in [3.05, 3.63) is 0 Å². The van der Waals surface area contributed by atoms with Crippen molar-refractivity contribution in [2.75, 3.05) is 0 Å². The molecule has 2 nitrogen and oxygen atoms in total. The molecule has 4 fully saturated rings. The molecule has 4 aliphatic rings. The lowest BCUT2D eigenvalue weighted by Crippen LogP contribution is -2.56. The van der Waals surface area contributed by atoms with E-state index in [0.29, 0.717) is 23.2 Å². The molecule has 6 unspecified atom stereocenters. The summed E-state index contributed by atoms with van der Waals surface area (Å²) in [4.78, 5) is 11.6. The first-order valence-corrected chi connectivity index (χ1v) is 7.68. The van der Waals surface area contributed by atoms with Crippen LogP contribution < -0.4 is 0 Å². The molecule has 0 heterocycles. The molecule has 4 rings (SSSR count). The summed E-state index contributed by atoms with van der Waals surface area (Å²) < 4.78 is 6.03. The van der Waals surface area contributed by atoms with Crippen molar-refractivity contribution in [3.63, 3.8) is 0 Å². The molecule has 100 valence electrons. The predicted octanol–water partition coefficient (Wildman–Crippen LogP) is 3.40. The fourth-order valence-corrected chi connectivity index (χ4v) is 6.71. The van der Waals surface area contributed by atoms with Crippen molar-refractivity contribution in [1.29, 1.82) is 0 Å². The highest BCUT2D eigenvalue weighted by Crippen LogP contribution is 2.79. The lowest BCUT2D eigenvalue weighted by molar-refractivity contribution is -0.193. The van der Waals surface area contributed by atoms with E-state index in [2.05, 4.69) is 13.8 Å².